The van der Waals surface area contributed by atoms with Crippen molar-refractivity contribution in [1.29, 1.82) is 0 Å². The van der Waals surface area contributed by atoms with Crippen LogP contribution < -0.4 is 5.32 Å². The third kappa shape index (κ3) is 3.52. The standard InChI is InChI=1S/C13H11N3O4/c1-8-14-12(16-20-8)13(19)15-10-5-2-9(3-6-10)4-7-11(17)18/h2-7H,1H3,(H,15,19)(H,17,18). The van der Waals surface area contributed by atoms with Crippen molar-refractivity contribution in [3.05, 3.63) is 47.6 Å². The monoisotopic (exact) mass is 273 g/mol. The molecule has 0 spiro atoms. The summed E-state index contributed by atoms with van der Waals surface area (Å²) in [6, 6.07) is 6.64. The number of benzene rings is 1. The van der Waals surface area contributed by atoms with Crippen LogP contribution in [0.25, 0.3) is 6.08 Å². The van der Waals surface area contributed by atoms with Crippen LogP contribution in [-0.2, 0) is 4.79 Å². The summed E-state index contributed by atoms with van der Waals surface area (Å²) in [5.74, 6) is -1.23. The Morgan fingerprint density at radius 1 is 1.30 bits per heavy atom. The molecule has 0 unspecified atom stereocenters. The summed E-state index contributed by atoms with van der Waals surface area (Å²) in [4.78, 5) is 25.9. The van der Waals surface area contributed by atoms with Crippen LogP contribution in [0.3, 0.4) is 0 Å². The predicted octanol–water partition coefficient (Wildman–Crippen LogP) is 1.73. The van der Waals surface area contributed by atoms with Gasteiger partial charge >= 0.3 is 5.97 Å². The molecule has 0 aliphatic heterocycles. The van der Waals surface area contributed by atoms with Crippen molar-refractivity contribution in [2.75, 3.05) is 5.32 Å². The molecular weight excluding hydrogens is 262 g/mol. The van der Waals surface area contributed by atoms with E-state index in [0.29, 0.717) is 17.1 Å². The lowest BCUT2D eigenvalue weighted by molar-refractivity contribution is -0.131. The number of aryl methyl sites for hydroxylation is 1. The molecule has 0 aliphatic rings. The van der Waals surface area contributed by atoms with E-state index in [9.17, 15) is 9.59 Å². The van der Waals surface area contributed by atoms with E-state index in [1.807, 2.05) is 0 Å². The number of nitrogens with zero attached hydrogens (tertiary/aromatic N) is 2. The van der Waals surface area contributed by atoms with Gasteiger partial charge in [-0.05, 0) is 23.8 Å². The van der Waals surface area contributed by atoms with Crippen LogP contribution in [0.5, 0.6) is 0 Å². The first-order chi connectivity index (χ1) is 9.54. The summed E-state index contributed by atoms with van der Waals surface area (Å²) < 4.78 is 4.71. The van der Waals surface area contributed by atoms with Crippen LogP contribution in [0.4, 0.5) is 5.69 Å². The average Bonchev–Trinajstić information content (AvgIpc) is 2.85. The SMILES string of the molecule is Cc1nc(C(=O)Nc2ccc(C=CC(=O)O)cc2)no1. The molecule has 20 heavy (non-hydrogen) atoms. The fourth-order valence-electron chi connectivity index (χ4n) is 1.42. The number of carboxylic acid groups (broad SMARTS) is 1. The molecule has 7 heteroatoms. The van der Waals surface area contributed by atoms with Gasteiger partial charge in [0.05, 0.1) is 0 Å². The second kappa shape index (κ2) is 5.79. The van der Waals surface area contributed by atoms with Gasteiger partial charge in [0.1, 0.15) is 0 Å². The van der Waals surface area contributed by atoms with Crippen molar-refractivity contribution in [3.8, 4) is 0 Å². The molecule has 2 N–H and O–H groups in total. The van der Waals surface area contributed by atoms with Crippen LogP contribution in [0, 0.1) is 6.92 Å². The minimum absolute atomic E-state index is 0.0441. The number of carbonyl (C=O) groups is 2. The maximum Gasteiger partial charge on any atom is 0.328 e. The number of nitrogens with one attached hydrogen (secondary N) is 1. The third-order valence-electron chi connectivity index (χ3n) is 2.32. The first-order valence-electron chi connectivity index (χ1n) is 5.67. The summed E-state index contributed by atoms with van der Waals surface area (Å²) in [7, 11) is 0. The molecular formula is C13H11N3O4. The van der Waals surface area contributed by atoms with E-state index in [1.165, 1.54) is 6.08 Å². The molecule has 0 bridgehead atoms. The number of aliphatic carboxylic acids is 1. The molecule has 2 rings (SSSR count). The van der Waals surface area contributed by atoms with E-state index < -0.39 is 11.9 Å². The number of carboxylic acids is 1. The lowest BCUT2D eigenvalue weighted by atomic mass is 10.2. The summed E-state index contributed by atoms with van der Waals surface area (Å²) in [6.07, 6.45) is 2.49. The number of carbonyl (C=O) groups excluding carboxylic acids is 1. The van der Waals surface area contributed by atoms with E-state index in [2.05, 4.69) is 15.5 Å². The molecule has 1 aromatic heterocycles. The number of hydrogen-bond acceptors (Lipinski definition) is 5. The third-order valence-corrected chi connectivity index (χ3v) is 2.32. The molecule has 0 saturated carbocycles. The predicted molar refractivity (Wildman–Crippen MR) is 70.1 cm³/mol. The van der Waals surface area contributed by atoms with Crippen molar-refractivity contribution < 1.29 is 19.2 Å². The second-order valence-electron chi connectivity index (χ2n) is 3.88. The minimum atomic E-state index is -1.02. The van der Waals surface area contributed by atoms with E-state index in [-0.39, 0.29) is 5.82 Å². The molecule has 0 saturated heterocycles. The zero-order valence-electron chi connectivity index (χ0n) is 10.5. The Balaban J connectivity index is 2.03. The first kappa shape index (κ1) is 13.5. The summed E-state index contributed by atoms with van der Waals surface area (Å²) >= 11 is 0. The maximum atomic E-state index is 11.7. The van der Waals surface area contributed by atoms with Gasteiger partial charge in [-0.3, -0.25) is 4.79 Å². The van der Waals surface area contributed by atoms with Crippen molar-refractivity contribution in [2.24, 2.45) is 0 Å². The van der Waals surface area contributed by atoms with Crippen LogP contribution in [-0.4, -0.2) is 27.1 Å². The van der Waals surface area contributed by atoms with E-state index in [4.69, 9.17) is 9.63 Å². The average molecular weight is 273 g/mol. The van der Waals surface area contributed by atoms with Gasteiger partial charge in [0.15, 0.2) is 0 Å². The number of rotatable bonds is 4. The Morgan fingerprint density at radius 3 is 2.55 bits per heavy atom. The Bertz CT molecular complexity index is 659. The van der Waals surface area contributed by atoms with Gasteiger partial charge in [-0.25, -0.2) is 4.79 Å². The summed E-state index contributed by atoms with van der Waals surface area (Å²) in [6.45, 7) is 1.59. The highest BCUT2D eigenvalue weighted by Gasteiger charge is 2.12. The highest BCUT2D eigenvalue weighted by atomic mass is 16.5. The zero-order chi connectivity index (χ0) is 14.5. The maximum absolute atomic E-state index is 11.7. The molecule has 0 radical (unpaired) electrons. The smallest absolute Gasteiger partial charge is 0.328 e. The number of hydrogen-bond donors (Lipinski definition) is 2. The number of aromatic nitrogens is 2. The lowest BCUT2D eigenvalue weighted by Gasteiger charge is -2.02. The summed E-state index contributed by atoms with van der Waals surface area (Å²) in [5, 5.41) is 14.6. The zero-order valence-corrected chi connectivity index (χ0v) is 10.5. The Labute approximate surface area is 113 Å². The molecule has 1 heterocycles. The van der Waals surface area contributed by atoms with Gasteiger partial charge in [-0.2, -0.15) is 4.98 Å². The fourth-order valence-corrected chi connectivity index (χ4v) is 1.42. The highest BCUT2D eigenvalue weighted by molar-refractivity contribution is 6.01. The molecule has 2 aromatic rings. The van der Waals surface area contributed by atoms with Crippen molar-refractivity contribution in [2.45, 2.75) is 6.92 Å². The molecule has 1 aromatic carbocycles. The summed E-state index contributed by atoms with van der Waals surface area (Å²) in [5.41, 5.74) is 1.26. The fraction of sp³-hybridized carbons (Fsp3) is 0.0769. The van der Waals surface area contributed by atoms with Crippen molar-refractivity contribution in [1.82, 2.24) is 10.1 Å². The normalized spacial score (nSPS) is 10.7. The lowest BCUT2D eigenvalue weighted by Crippen LogP contribution is -2.13. The van der Waals surface area contributed by atoms with Crippen LogP contribution >= 0.6 is 0 Å². The molecule has 1 amide bonds. The van der Waals surface area contributed by atoms with Crippen molar-refractivity contribution in [3.63, 3.8) is 0 Å². The Hall–Kier alpha value is -2.96. The Morgan fingerprint density at radius 2 is 2.00 bits per heavy atom. The van der Waals surface area contributed by atoms with E-state index in [0.717, 1.165) is 6.08 Å². The Kier molecular flexibility index (Phi) is 3.90. The van der Waals surface area contributed by atoms with Gasteiger partial charge < -0.3 is 14.9 Å². The quantitative estimate of drug-likeness (QED) is 0.822. The van der Waals surface area contributed by atoms with Gasteiger partial charge in [0.2, 0.25) is 5.89 Å². The van der Waals surface area contributed by atoms with E-state index in [1.54, 1.807) is 31.2 Å². The van der Waals surface area contributed by atoms with Gasteiger partial charge in [0, 0.05) is 18.7 Å². The topological polar surface area (TPSA) is 105 Å². The first-order valence-corrected chi connectivity index (χ1v) is 5.67. The van der Waals surface area contributed by atoms with E-state index >= 15 is 0 Å². The van der Waals surface area contributed by atoms with Crippen molar-refractivity contribution >= 4 is 23.6 Å². The highest BCUT2D eigenvalue weighted by Crippen LogP contribution is 2.11. The van der Waals surface area contributed by atoms with Gasteiger partial charge in [0.25, 0.3) is 11.7 Å². The minimum Gasteiger partial charge on any atom is -0.478 e. The molecule has 102 valence electrons. The van der Waals surface area contributed by atoms with Gasteiger partial charge in [-0.15, -0.1) is 0 Å². The van der Waals surface area contributed by atoms with Crippen LogP contribution in [0.2, 0.25) is 0 Å². The molecule has 0 atom stereocenters. The van der Waals surface area contributed by atoms with Gasteiger partial charge in [-0.1, -0.05) is 17.3 Å². The number of anilines is 1. The molecule has 0 aliphatic carbocycles. The molecule has 7 nitrogen and oxygen atoms in total. The van der Waals surface area contributed by atoms with Crippen LogP contribution in [0.1, 0.15) is 22.1 Å². The number of amides is 1. The van der Waals surface area contributed by atoms with Crippen LogP contribution in [0.15, 0.2) is 34.9 Å². The largest absolute Gasteiger partial charge is 0.478 e. The molecule has 0 fully saturated rings. The second-order valence-corrected chi connectivity index (χ2v) is 3.88.